The van der Waals surface area contributed by atoms with Gasteiger partial charge in [-0.25, -0.2) is 0 Å². The second-order valence-corrected chi connectivity index (χ2v) is 10.9. The standard InChI is InChI=1S/C23H53N3O3Si/c1-8-17-25(7)18-14-20-26(19-13-16-24-23(6)9-2)21-15-22-30(27-10-3,28-11-4)29-12-5/h23-24H,8-22H2,1-7H3. The fraction of sp³-hybridized carbons (Fsp3) is 1.00. The second kappa shape index (κ2) is 19.6. The van der Waals surface area contributed by atoms with Gasteiger partial charge in [-0.1, -0.05) is 13.8 Å². The molecule has 0 saturated heterocycles. The Morgan fingerprint density at radius 2 is 1.33 bits per heavy atom. The van der Waals surface area contributed by atoms with Crippen molar-refractivity contribution in [3.8, 4) is 0 Å². The maximum Gasteiger partial charge on any atom is 0.500 e. The smallest absolute Gasteiger partial charge is 0.374 e. The predicted molar refractivity (Wildman–Crippen MR) is 131 cm³/mol. The summed E-state index contributed by atoms with van der Waals surface area (Å²) in [6.45, 7) is 21.6. The van der Waals surface area contributed by atoms with Crippen LogP contribution in [0.4, 0.5) is 0 Å². The van der Waals surface area contributed by atoms with E-state index in [-0.39, 0.29) is 0 Å². The summed E-state index contributed by atoms with van der Waals surface area (Å²) >= 11 is 0. The van der Waals surface area contributed by atoms with Crippen LogP contribution >= 0.6 is 0 Å². The van der Waals surface area contributed by atoms with Crippen molar-refractivity contribution >= 4 is 8.80 Å². The molecule has 0 aromatic heterocycles. The highest BCUT2D eigenvalue weighted by molar-refractivity contribution is 6.60. The third-order valence-corrected chi connectivity index (χ3v) is 8.58. The third kappa shape index (κ3) is 14.9. The Morgan fingerprint density at radius 1 is 0.767 bits per heavy atom. The summed E-state index contributed by atoms with van der Waals surface area (Å²) in [7, 11) is -0.295. The molecule has 0 saturated carbocycles. The van der Waals surface area contributed by atoms with E-state index in [1.165, 1.54) is 38.8 Å². The zero-order chi connectivity index (χ0) is 22.7. The van der Waals surface area contributed by atoms with Crippen molar-refractivity contribution in [1.82, 2.24) is 15.1 Å². The van der Waals surface area contributed by atoms with Gasteiger partial charge in [0.2, 0.25) is 0 Å². The SMILES string of the molecule is CCCN(C)CCCN(CCCNC(C)CC)CCC[Si](OCC)(OCC)OCC. The van der Waals surface area contributed by atoms with E-state index in [2.05, 4.69) is 42.9 Å². The minimum Gasteiger partial charge on any atom is -0.374 e. The van der Waals surface area contributed by atoms with Gasteiger partial charge in [0.05, 0.1) is 0 Å². The molecule has 30 heavy (non-hydrogen) atoms. The summed E-state index contributed by atoms with van der Waals surface area (Å²) in [5.74, 6) is 0. The van der Waals surface area contributed by atoms with E-state index in [1.807, 2.05) is 20.8 Å². The topological polar surface area (TPSA) is 46.2 Å². The van der Waals surface area contributed by atoms with Gasteiger partial charge >= 0.3 is 8.80 Å². The van der Waals surface area contributed by atoms with E-state index < -0.39 is 8.80 Å². The van der Waals surface area contributed by atoms with Gasteiger partial charge in [0, 0.05) is 31.9 Å². The maximum atomic E-state index is 6.03. The molecule has 0 aromatic rings. The first-order valence-corrected chi connectivity index (χ1v) is 14.5. The highest BCUT2D eigenvalue weighted by Gasteiger charge is 2.39. The van der Waals surface area contributed by atoms with E-state index in [1.54, 1.807) is 0 Å². The van der Waals surface area contributed by atoms with Crippen LogP contribution < -0.4 is 5.32 Å². The maximum absolute atomic E-state index is 6.03. The average molecular weight is 448 g/mol. The molecule has 0 bridgehead atoms. The molecule has 6 nitrogen and oxygen atoms in total. The molecule has 0 rings (SSSR count). The van der Waals surface area contributed by atoms with Crippen LogP contribution in [-0.4, -0.2) is 90.8 Å². The van der Waals surface area contributed by atoms with Crippen molar-refractivity contribution in [2.45, 2.75) is 85.7 Å². The quantitative estimate of drug-likeness (QED) is 0.198. The average Bonchev–Trinajstić information content (AvgIpc) is 2.71. The molecule has 1 N–H and O–H groups in total. The lowest BCUT2D eigenvalue weighted by molar-refractivity contribution is 0.0698. The van der Waals surface area contributed by atoms with Crippen LogP contribution in [0.2, 0.25) is 6.04 Å². The first-order valence-electron chi connectivity index (χ1n) is 12.5. The molecule has 7 heteroatoms. The first kappa shape index (κ1) is 30.0. The van der Waals surface area contributed by atoms with Gasteiger partial charge in [-0.2, -0.15) is 0 Å². The monoisotopic (exact) mass is 447 g/mol. The van der Waals surface area contributed by atoms with Crippen LogP contribution in [-0.2, 0) is 13.3 Å². The zero-order valence-electron chi connectivity index (χ0n) is 21.3. The van der Waals surface area contributed by atoms with Crippen LogP contribution in [0.15, 0.2) is 0 Å². The van der Waals surface area contributed by atoms with Crippen molar-refractivity contribution in [2.75, 3.05) is 66.1 Å². The molecule has 0 spiro atoms. The van der Waals surface area contributed by atoms with Crippen LogP contribution in [0.5, 0.6) is 0 Å². The van der Waals surface area contributed by atoms with Gasteiger partial charge in [0.25, 0.3) is 0 Å². The van der Waals surface area contributed by atoms with Gasteiger partial charge in [0.15, 0.2) is 0 Å². The molecule has 0 aliphatic heterocycles. The Hall–Kier alpha value is -0.0231. The predicted octanol–water partition coefficient (Wildman–Crippen LogP) is 4.24. The molecule has 0 heterocycles. The Kier molecular flexibility index (Phi) is 19.6. The second-order valence-electron chi connectivity index (χ2n) is 8.20. The lowest BCUT2D eigenvalue weighted by atomic mass is 10.2. The van der Waals surface area contributed by atoms with Gasteiger partial charge in [-0.15, -0.1) is 0 Å². The highest BCUT2D eigenvalue weighted by Crippen LogP contribution is 2.18. The van der Waals surface area contributed by atoms with E-state index in [4.69, 9.17) is 13.3 Å². The summed E-state index contributed by atoms with van der Waals surface area (Å²) in [6.07, 6.45) is 5.89. The van der Waals surface area contributed by atoms with Crippen molar-refractivity contribution in [3.63, 3.8) is 0 Å². The molecule has 1 atom stereocenters. The van der Waals surface area contributed by atoms with Crippen LogP contribution in [0.25, 0.3) is 0 Å². The summed E-state index contributed by atoms with van der Waals surface area (Å²) in [5, 5.41) is 3.62. The van der Waals surface area contributed by atoms with Gasteiger partial charge in [-0.3, -0.25) is 0 Å². The van der Waals surface area contributed by atoms with Crippen molar-refractivity contribution in [3.05, 3.63) is 0 Å². The van der Waals surface area contributed by atoms with Crippen molar-refractivity contribution in [1.29, 1.82) is 0 Å². The summed E-state index contributed by atoms with van der Waals surface area (Å²) in [5.41, 5.74) is 0. The van der Waals surface area contributed by atoms with E-state index >= 15 is 0 Å². The number of hydrogen-bond donors (Lipinski definition) is 1. The summed E-state index contributed by atoms with van der Waals surface area (Å²) < 4.78 is 18.1. The zero-order valence-corrected chi connectivity index (χ0v) is 22.3. The molecular formula is C23H53N3O3Si. The minimum absolute atomic E-state index is 0.608. The number of nitrogens with zero attached hydrogens (tertiary/aromatic N) is 2. The third-order valence-electron chi connectivity index (χ3n) is 5.43. The van der Waals surface area contributed by atoms with Crippen molar-refractivity contribution in [2.24, 2.45) is 0 Å². The Bertz CT molecular complexity index is 361. The largest absolute Gasteiger partial charge is 0.500 e. The number of rotatable bonds is 22. The fourth-order valence-electron chi connectivity index (χ4n) is 3.71. The minimum atomic E-state index is -2.53. The van der Waals surface area contributed by atoms with Crippen LogP contribution in [0.1, 0.15) is 73.6 Å². The molecule has 0 aromatic carbocycles. The van der Waals surface area contributed by atoms with E-state index in [0.29, 0.717) is 25.9 Å². The lowest BCUT2D eigenvalue weighted by Crippen LogP contribution is -2.46. The Labute approximate surface area is 189 Å². The highest BCUT2D eigenvalue weighted by atomic mass is 28.4. The number of hydrogen-bond acceptors (Lipinski definition) is 6. The molecule has 0 amide bonds. The lowest BCUT2D eigenvalue weighted by Gasteiger charge is -2.30. The normalized spacial score (nSPS) is 13.5. The Balaban J connectivity index is 4.62. The molecule has 0 aliphatic rings. The molecule has 182 valence electrons. The van der Waals surface area contributed by atoms with Crippen LogP contribution in [0, 0.1) is 0 Å². The molecule has 0 aliphatic carbocycles. The van der Waals surface area contributed by atoms with Gasteiger partial charge in [-0.05, 0) is 106 Å². The number of nitrogens with one attached hydrogen (secondary N) is 1. The van der Waals surface area contributed by atoms with E-state index in [0.717, 1.165) is 38.6 Å². The molecule has 1 unspecified atom stereocenters. The summed E-state index contributed by atoms with van der Waals surface area (Å²) in [4.78, 5) is 5.07. The van der Waals surface area contributed by atoms with Gasteiger partial charge in [0.1, 0.15) is 0 Å². The van der Waals surface area contributed by atoms with Gasteiger partial charge < -0.3 is 28.4 Å². The van der Waals surface area contributed by atoms with Crippen molar-refractivity contribution < 1.29 is 13.3 Å². The molecule has 0 radical (unpaired) electrons. The van der Waals surface area contributed by atoms with Crippen LogP contribution in [0.3, 0.4) is 0 Å². The molecular weight excluding hydrogens is 394 g/mol. The summed E-state index contributed by atoms with van der Waals surface area (Å²) in [6, 6.07) is 1.51. The van der Waals surface area contributed by atoms with E-state index in [9.17, 15) is 0 Å². The molecule has 0 fully saturated rings. The first-order chi connectivity index (χ1) is 14.5. The Morgan fingerprint density at radius 3 is 1.87 bits per heavy atom. The fourth-order valence-corrected chi connectivity index (χ4v) is 6.30.